The molecule has 2 aromatic heterocycles. The Kier molecular flexibility index (Phi) is 8.03. The highest BCUT2D eigenvalue weighted by atomic mass is 35.5. The second-order valence-corrected chi connectivity index (χ2v) is 12.7. The summed E-state index contributed by atoms with van der Waals surface area (Å²) in [4.78, 5) is 35.8. The highest BCUT2D eigenvalue weighted by Gasteiger charge is 2.46. The first kappa shape index (κ1) is 28.0. The molecule has 0 saturated carbocycles. The number of hydrogen-bond acceptors (Lipinski definition) is 10. The van der Waals surface area contributed by atoms with E-state index in [1.165, 1.54) is 18.3 Å². The Morgan fingerprint density at radius 2 is 1.86 bits per heavy atom. The van der Waals surface area contributed by atoms with Crippen molar-refractivity contribution in [3.8, 4) is 0 Å². The topological polar surface area (TPSA) is 209 Å². The Bertz CT molecular complexity index is 1370. The van der Waals surface area contributed by atoms with E-state index >= 15 is 0 Å². The lowest BCUT2D eigenvalue weighted by atomic mass is 10.1. The molecule has 0 amide bonds. The molecule has 1 saturated heterocycles. The molecule has 1 aliphatic rings. The van der Waals surface area contributed by atoms with Crippen LogP contribution in [0, 0.1) is 5.82 Å². The van der Waals surface area contributed by atoms with Gasteiger partial charge < -0.3 is 39.5 Å². The fraction of sp³-hybridized carbons (Fsp3) is 0.421. The van der Waals surface area contributed by atoms with E-state index in [9.17, 15) is 28.6 Å². The zero-order valence-corrected chi connectivity index (χ0v) is 21.5. The van der Waals surface area contributed by atoms with Gasteiger partial charge >= 0.3 is 15.2 Å². The van der Waals surface area contributed by atoms with E-state index in [4.69, 9.17) is 30.6 Å². The molecule has 6 atom stereocenters. The standard InChI is InChI=1S/C19H23ClFN5O9P2/c1-9(10-2-4-11(21)5-3-10)23-16-12-6-22-26(17(12)25-19(20)24-16)18-15(28)14(27)13(35-18)7-34-37(32,33)8-36(29,30)31/h2-6,9,13-15,18,27-28H,7-8H2,1H3,(H,32,33)(H,23,24,25)(H2,29,30,31)/t9-,13+,14+,15+,18+/m0/s1. The smallest absolute Gasteiger partial charge is 0.340 e. The summed E-state index contributed by atoms with van der Waals surface area (Å²) >= 11 is 6.11. The zero-order valence-electron chi connectivity index (χ0n) is 19.0. The first-order chi connectivity index (χ1) is 17.2. The van der Waals surface area contributed by atoms with E-state index in [1.54, 1.807) is 12.1 Å². The lowest BCUT2D eigenvalue weighted by molar-refractivity contribution is -0.0541. The van der Waals surface area contributed by atoms with Gasteiger partial charge in [0.1, 0.15) is 29.9 Å². The quantitative estimate of drug-likeness (QED) is 0.157. The van der Waals surface area contributed by atoms with Crippen LogP contribution >= 0.6 is 26.8 Å². The minimum atomic E-state index is -4.85. The Labute approximate surface area is 213 Å². The van der Waals surface area contributed by atoms with Gasteiger partial charge in [0.15, 0.2) is 17.8 Å². The van der Waals surface area contributed by atoms with Crippen molar-refractivity contribution >= 4 is 43.6 Å². The number of aromatic nitrogens is 4. The fourth-order valence-corrected chi connectivity index (χ4v) is 6.50. The Morgan fingerprint density at radius 3 is 2.51 bits per heavy atom. The lowest BCUT2D eigenvalue weighted by Crippen LogP contribution is -2.33. The average molecular weight is 582 g/mol. The van der Waals surface area contributed by atoms with Gasteiger partial charge in [-0.3, -0.25) is 9.13 Å². The number of halogens is 2. The number of aliphatic hydroxyl groups excluding tert-OH is 2. The number of fused-ring (bicyclic) bond motifs is 1. The Morgan fingerprint density at radius 1 is 1.19 bits per heavy atom. The fourth-order valence-electron chi connectivity index (χ4n) is 3.77. The number of benzene rings is 1. The van der Waals surface area contributed by atoms with Crippen molar-refractivity contribution in [3.05, 3.63) is 47.1 Å². The van der Waals surface area contributed by atoms with E-state index in [0.717, 1.165) is 10.2 Å². The van der Waals surface area contributed by atoms with Crippen LogP contribution in [0.15, 0.2) is 30.5 Å². The van der Waals surface area contributed by atoms with Gasteiger partial charge in [0.05, 0.1) is 18.2 Å². The maximum absolute atomic E-state index is 13.3. The molecule has 0 aliphatic carbocycles. The van der Waals surface area contributed by atoms with Gasteiger partial charge in [-0.15, -0.1) is 0 Å². The van der Waals surface area contributed by atoms with Crippen LogP contribution in [-0.2, 0) is 18.4 Å². The summed E-state index contributed by atoms with van der Waals surface area (Å²) in [5.41, 5.74) is 0.887. The minimum Gasteiger partial charge on any atom is -0.387 e. The highest BCUT2D eigenvalue weighted by molar-refractivity contribution is 7.70. The zero-order chi connectivity index (χ0) is 27.1. The van der Waals surface area contributed by atoms with Crippen LogP contribution in [0.3, 0.4) is 0 Å². The molecule has 1 unspecified atom stereocenters. The second kappa shape index (κ2) is 10.6. The number of nitrogens with zero attached hydrogens (tertiary/aromatic N) is 4. The second-order valence-electron chi connectivity index (χ2n) is 8.37. The molecule has 14 nitrogen and oxygen atoms in total. The van der Waals surface area contributed by atoms with Crippen molar-refractivity contribution in [3.63, 3.8) is 0 Å². The molecule has 6 N–H and O–H groups in total. The van der Waals surface area contributed by atoms with Gasteiger partial charge in [-0.2, -0.15) is 15.1 Å². The number of nitrogens with one attached hydrogen (secondary N) is 1. The summed E-state index contributed by atoms with van der Waals surface area (Å²) in [6, 6.07) is 5.53. The third kappa shape index (κ3) is 6.52. The van der Waals surface area contributed by atoms with Gasteiger partial charge in [0.25, 0.3) is 0 Å². The molecule has 37 heavy (non-hydrogen) atoms. The van der Waals surface area contributed by atoms with Crippen molar-refractivity contribution in [2.45, 2.75) is 37.5 Å². The van der Waals surface area contributed by atoms with Crippen LogP contribution in [-0.4, -0.2) is 75.5 Å². The molecule has 3 aromatic rings. The van der Waals surface area contributed by atoms with Gasteiger partial charge in [-0.25, -0.2) is 9.07 Å². The first-order valence-corrected chi connectivity index (χ1v) is 14.6. The van der Waals surface area contributed by atoms with Crippen LogP contribution in [0.4, 0.5) is 10.2 Å². The summed E-state index contributed by atoms with van der Waals surface area (Å²) in [5, 5.41) is 28.5. The molecule has 202 valence electrons. The molecule has 1 fully saturated rings. The summed E-state index contributed by atoms with van der Waals surface area (Å²) in [5.74, 6) is -1.51. The molecule has 0 bridgehead atoms. The summed E-state index contributed by atoms with van der Waals surface area (Å²) in [6.07, 6.45) is -4.48. The molecule has 0 radical (unpaired) electrons. The number of anilines is 1. The number of ether oxygens (including phenoxy) is 1. The largest absolute Gasteiger partial charge is 0.387 e. The molecule has 4 rings (SSSR count). The molecule has 1 aromatic carbocycles. The van der Waals surface area contributed by atoms with E-state index in [2.05, 4.69) is 20.4 Å². The van der Waals surface area contributed by atoms with Gasteiger partial charge in [0.2, 0.25) is 5.28 Å². The Balaban J connectivity index is 1.55. The van der Waals surface area contributed by atoms with Crippen LogP contribution in [0.25, 0.3) is 11.0 Å². The number of rotatable bonds is 9. The molecule has 18 heteroatoms. The van der Waals surface area contributed by atoms with Crippen molar-refractivity contribution in [2.24, 2.45) is 0 Å². The lowest BCUT2D eigenvalue weighted by Gasteiger charge is -2.18. The summed E-state index contributed by atoms with van der Waals surface area (Å²) in [7, 11) is -9.56. The van der Waals surface area contributed by atoms with Gasteiger partial charge in [-0.1, -0.05) is 12.1 Å². The van der Waals surface area contributed by atoms with Crippen LogP contribution in [0.1, 0.15) is 24.8 Å². The van der Waals surface area contributed by atoms with Crippen molar-refractivity contribution in [1.29, 1.82) is 0 Å². The summed E-state index contributed by atoms with van der Waals surface area (Å²) < 4.78 is 47.6. The normalized spacial score (nSPS) is 24.8. The van der Waals surface area contributed by atoms with Crippen molar-refractivity contribution < 1.29 is 47.7 Å². The molecule has 1 aliphatic heterocycles. The highest BCUT2D eigenvalue weighted by Crippen LogP contribution is 2.55. The van der Waals surface area contributed by atoms with Crippen molar-refractivity contribution in [2.75, 3.05) is 17.8 Å². The van der Waals surface area contributed by atoms with E-state index in [0.29, 0.717) is 5.39 Å². The first-order valence-electron chi connectivity index (χ1n) is 10.7. The third-order valence-electron chi connectivity index (χ3n) is 5.53. The summed E-state index contributed by atoms with van der Waals surface area (Å²) in [6.45, 7) is 1.07. The van der Waals surface area contributed by atoms with Gasteiger partial charge in [-0.05, 0) is 36.2 Å². The maximum Gasteiger partial charge on any atom is 0.340 e. The van der Waals surface area contributed by atoms with Crippen LogP contribution in [0.2, 0.25) is 5.28 Å². The number of hydrogen-bond donors (Lipinski definition) is 6. The van der Waals surface area contributed by atoms with Crippen LogP contribution < -0.4 is 5.32 Å². The molecule has 3 heterocycles. The van der Waals surface area contributed by atoms with E-state index < -0.39 is 52.2 Å². The third-order valence-corrected chi connectivity index (χ3v) is 9.16. The average Bonchev–Trinajstić information content (AvgIpc) is 3.32. The predicted octanol–water partition coefficient (Wildman–Crippen LogP) is 1.75. The van der Waals surface area contributed by atoms with Crippen molar-refractivity contribution in [1.82, 2.24) is 19.7 Å². The van der Waals surface area contributed by atoms with E-state index in [-0.39, 0.29) is 28.6 Å². The molecular formula is C19H23ClFN5O9P2. The SMILES string of the molecule is C[C@H](Nc1nc(Cl)nc2c1cnn2[C@@H]1O[C@H](COP(=O)(O)CP(=O)(O)O)[C@@H](O)[C@H]1O)c1ccc(F)cc1. The molecular weight excluding hydrogens is 559 g/mol. The maximum atomic E-state index is 13.3. The van der Waals surface area contributed by atoms with Crippen LogP contribution in [0.5, 0.6) is 0 Å². The minimum absolute atomic E-state index is 0.126. The van der Waals surface area contributed by atoms with E-state index in [1.807, 2.05) is 6.92 Å². The van der Waals surface area contributed by atoms with Gasteiger partial charge in [0, 0.05) is 6.04 Å². The number of aliphatic hydroxyl groups is 2. The Hall–Kier alpha value is -2.03. The monoisotopic (exact) mass is 581 g/mol. The predicted molar refractivity (Wildman–Crippen MR) is 127 cm³/mol. The molecule has 0 spiro atoms.